The highest BCUT2D eigenvalue weighted by molar-refractivity contribution is 5.84. The number of carboxylic acid groups (broad SMARTS) is 1. The van der Waals surface area contributed by atoms with Gasteiger partial charge in [0, 0.05) is 22.9 Å². The van der Waals surface area contributed by atoms with Crippen LogP contribution < -0.4 is 10.7 Å². The molecule has 0 aliphatic heterocycles. The van der Waals surface area contributed by atoms with Gasteiger partial charge in [0.1, 0.15) is 11.3 Å². The molecule has 0 saturated carbocycles. The second kappa shape index (κ2) is 10.6. The van der Waals surface area contributed by atoms with E-state index in [2.05, 4.69) is 10.3 Å². The Balaban J connectivity index is 0.000000454. The number of benzene rings is 2. The molecule has 0 bridgehead atoms. The molecular formula is C26H22F4N2O4. The third-order valence-corrected chi connectivity index (χ3v) is 5.27. The molecule has 6 nitrogen and oxygen atoms in total. The first kappa shape index (κ1) is 26.4. The predicted octanol–water partition coefficient (Wildman–Crippen LogP) is 6.42. The molecule has 10 heteroatoms. The minimum absolute atomic E-state index is 0.0604. The highest BCUT2D eigenvalue weighted by Crippen LogP contribution is 2.32. The van der Waals surface area contributed by atoms with Crippen molar-refractivity contribution in [1.82, 2.24) is 4.98 Å². The fraction of sp³-hybridized carbons (Fsp3) is 0.192. The standard InChI is InChI=1S/C24H21FN2O2.C2HF3O2/c1-14-12-18(16(3)27-20-10-7-11-26-24(20)25)23-19(13-14)21(28)15(2)22(29-23)17-8-5-4-6-9-17;3-2(4,5)1(6)7/h4-13,16,27H,1-3H3;(H,6,7)/t16-;/m1./s1. The summed E-state index contributed by atoms with van der Waals surface area (Å²) in [4.78, 5) is 25.7. The van der Waals surface area contributed by atoms with Crippen molar-refractivity contribution in [1.29, 1.82) is 0 Å². The smallest absolute Gasteiger partial charge is 0.475 e. The molecule has 188 valence electrons. The monoisotopic (exact) mass is 502 g/mol. The number of carboxylic acids is 1. The summed E-state index contributed by atoms with van der Waals surface area (Å²) in [6, 6.07) is 16.4. The fourth-order valence-corrected chi connectivity index (χ4v) is 3.56. The van der Waals surface area contributed by atoms with E-state index < -0.39 is 18.1 Å². The molecule has 4 aromatic rings. The molecule has 1 atom stereocenters. The molecule has 2 heterocycles. The van der Waals surface area contributed by atoms with E-state index in [1.165, 1.54) is 6.20 Å². The van der Waals surface area contributed by atoms with Gasteiger partial charge in [0.05, 0.1) is 17.1 Å². The number of halogens is 4. The minimum atomic E-state index is -5.08. The molecular weight excluding hydrogens is 480 g/mol. The van der Waals surface area contributed by atoms with Gasteiger partial charge in [-0.1, -0.05) is 36.4 Å². The number of hydrogen-bond acceptors (Lipinski definition) is 5. The number of aromatic nitrogens is 1. The summed E-state index contributed by atoms with van der Waals surface area (Å²) in [6.45, 7) is 5.62. The average molecular weight is 502 g/mol. The average Bonchev–Trinajstić information content (AvgIpc) is 2.83. The van der Waals surface area contributed by atoms with Gasteiger partial charge in [0.2, 0.25) is 5.95 Å². The summed E-state index contributed by atoms with van der Waals surface area (Å²) in [5.41, 5.74) is 3.88. The highest BCUT2D eigenvalue weighted by atomic mass is 19.4. The third kappa shape index (κ3) is 5.88. The number of hydrogen-bond donors (Lipinski definition) is 2. The Morgan fingerprint density at radius 1 is 1.08 bits per heavy atom. The molecule has 2 N–H and O–H groups in total. The quantitative estimate of drug-likeness (QED) is 0.247. The minimum Gasteiger partial charge on any atom is -0.475 e. The topological polar surface area (TPSA) is 92.4 Å². The first-order valence-electron chi connectivity index (χ1n) is 10.7. The molecule has 0 aliphatic carbocycles. The molecule has 2 aromatic heterocycles. The number of nitrogens with one attached hydrogen (secondary N) is 1. The van der Waals surface area contributed by atoms with Crippen LogP contribution in [0.3, 0.4) is 0 Å². The Bertz CT molecular complexity index is 1450. The number of pyridine rings is 1. The van der Waals surface area contributed by atoms with Crippen molar-refractivity contribution in [3.63, 3.8) is 0 Å². The van der Waals surface area contributed by atoms with E-state index in [4.69, 9.17) is 14.3 Å². The number of alkyl halides is 3. The van der Waals surface area contributed by atoms with E-state index in [-0.39, 0.29) is 11.5 Å². The maximum absolute atomic E-state index is 14.0. The van der Waals surface area contributed by atoms with E-state index in [1.807, 2.05) is 56.3 Å². The zero-order chi connectivity index (χ0) is 26.6. The van der Waals surface area contributed by atoms with Crippen LogP contribution in [0.15, 0.2) is 70.0 Å². The molecule has 0 aliphatic rings. The van der Waals surface area contributed by atoms with Crippen molar-refractivity contribution in [3.8, 4) is 11.3 Å². The Labute approximate surface area is 203 Å². The highest BCUT2D eigenvalue weighted by Gasteiger charge is 2.38. The lowest BCUT2D eigenvalue weighted by atomic mass is 9.99. The number of nitrogens with zero attached hydrogens (tertiary/aromatic N) is 1. The predicted molar refractivity (Wildman–Crippen MR) is 127 cm³/mol. The summed E-state index contributed by atoms with van der Waals surface area (Å²) in [7, 11) is 0. The molecule has 36 heavy (non-hydrogen) atoms. The van der Waals surface area contributed by atoms with Crippen LogP contribution in [0, 0.1) is 19.8 Å². The largest absolute Gasteiger partial charge is 0.490 e. The molecule has 0 amide bonds. The van der Waals surface area contributed by atoms with E-state index >= 15 is 0 Å². The van der Waals surface area contributed by atoms with Gasteiger partial charge in [-0.15, -0.1) is 0 Å². The summed E-state index contributed by atoms with van der Waals surface area (Å²) in [5, 5.41) is 10.8. The van der Waals surface area contributed by atoms with E-state index in [0.717, 1.165) is 16.7 Å². The van der Waals surface area contributed by atoms with Crippen LogP contribution in [0.4, 0.5) is 23.2 Å². The van der Waals surface area contributed by atoms with Gasteiger partial charge >= 0.3 is 12.1 Å². The maximum Gasteiger partial charge on any atom is 0.490 e. The number of aliphatic carboxylic acids is 1. The van der Waals surface area contributed by atoms with Crippen molar-refractivity contribution in [3.05, 3.63) is 93.7 Å². The van der Waals surface area contributed by atoms with Crippen molar-refractivity contribution in [2.45, 2.75) is 33.0 Å². The SMILES string of the molecule is Cc1cc([C@@H](C)Nc2cccnc2F)c2oc(-c3ccccc3)c(C)c(=O)c2c1.O=C(O)C(F)(F)F. The summed E-state index contributed by atoms with van der Waals surface area (Å²) >= 11 is 0. The molecule has 2 aromatic carbocycles. The van der Waals surface area contributed by atoms with Gasteiger partial charge in [0.15, 0.2) is 5.43 Å². The Morgan fingerprint density at radius 3 is 2.31 bits per heavy atom. The van der Waals surface area contributed by atoms with Crippen molar-refractivity contribution >= 4 is 22.6 Å². The van der Waals surface area contributed by atoms with Gasteiger partial charge in [0.25, 0.3) is 0 Å². The molecule has 0 radical (unpaired) electrons. The Morgan fingerprint density at radius 2 is 1.72 bits per heavy atom. The van der Waals surface area contributed by atoms with Crippen molar-refractivity contribution in [2.24, 2.45) is 0 Å². The van der Waals surface area contributed by atoms with Gasteiger partial charge in [-0.25, -0.2) is 9.78 Å². The zero-order valence-corrected chi connectivity index (χ0v) is 19.5. The molecule has 0 fully saturated rings. The van der Waals surface area contributed by atoms with Crippen LogP contribution in [0.2, 0.25) is 0 Å². The van der Waals surface area contributed by atoms with Crippen LogP contribution in [0.5, 0.6) is 0 Å². The van der Waals surface area contributed by atoms with E-state index in [9.17, 15) is 22.4 Å². The maximum atomic E-state index is 14.0. The van der Waals surface area contributed by atoms with Crippen LogP contribution in [0.1, 0.15) is 29.7 Å². The normalized spacial score (nSPS) is 12.0. The lowest BCUT2D eigenvalue weighted by Gasteiger charge is -2.19. The van der Waals surface area contributed by atoms with Gasteiger partial charge in [-0.3, -0.25) is 4.79 Å². The van der Waals surface area contributed by atoms with E-state index in [1.54, 1.807) is 19.1 Å². The fourth-order valence-electron chi connectivity index (χ4n) is 3.56. The Hall–Kier alpha value is -4.21. The number of anilines is 1. The third-order valence-electron chi connectivity index (χ3n) is 5.27. The number of rotatable bonds is 4. The molecule has 0 saturated heterocycles. The number of fused-ring (bicyclic) bond motifs is 1. The van der Waals surface area contributed by atoms with Gasteiger partial charge in [-0.05, 0) is 44.5 Å². The second-order valence-corrected chi connectivity index (χ2v) is 7.99. The van der Waals surface area contributed by atoms with Crippen molar-refractivity contribution in [2.75, 3.05) is 5.32 Å². The first-order chi connectivity index (χ1) is 16.9. The molecule has 4 rings (SSSR count). The summed E-state index contributed by atoms with van der Waals surface area (Å²) in [5.74, 6) is -2.78. The number of carbonyl (C=O) groups is 1. The van der Waals surface area contributed by atoms with Gasteiger partial charge < -0.3 is 14.8 Å². The molecule has 0 unspecified atom stereocenters. The Kier molecular flexibility index (Phi) is 7.77. The number of aryl methyl sites for hydroxylation is 1. The summed E-state index contributed by atoms with van der Waals surface area (Å²) in [6.07, 6.45) is -3.68. The van der Waals surface area contributed by atoms with Crippen LogP contribution >= 0.6 is 0 Å². The first-order valence-corrected chi connectivity index (χ1v) is 10.7. The molecule has 0 spiro atoms. The zero-order valence-electron chi connectivity index (χ0n) is 19.5. The van der Waals surface area contributed by atoms with Crippen LogP contribution in [-0.2, 0) is 4.79 Å². The van der Waals surface area contributed by atoms with E-state index in [0.29, 0.717) is 28.0 Å². The lowest BCUT2D eigenvalue weighted by molar-refractivity contribution is -0.192. The van der Waals surface area contributed by atoms with Crippen LogP contribution in [-0.4, -0.2) is 22.2 Å². The lowest BCUT2D eigenvalue weighted by Crippen LogP contribution is -2.21. The summed E-state index contributed by atoms with van der Waals surface area (Å²) < 4.78 is 52.0. The second-order valence-electron chi connectivity index (χ2n) is 7.99. The van der Waals surface area contributed by atoms with Crippen molar-refractivity contribution < 1.29 is 31.9 Å². The van der Waals surface area contributed by atoms with Gasteiger partial charge in [-0.2, -0.15) is 17.6 Å². The van der Waals surface area contributed by atoms with Crippen LogP contribution in [0.25, 0.3) is 22.3 Å².